The molecule has 0 saturated carbocycles. The van der Waals surface area contributed by atoms with Crippen molar-refractivity contribution in [3.8, 4) is 0 Å². The van der Waals surface area contributed by atoms with Gasteiger partial charge in [-0.05, 0) is 12.5 Å². The van der Waals surface area contributed by atoms with E-state index in [1.807, 2.05) is 0 Å². The largest absolute Gasteiger partial charge is 0.481 e. The van der Waals surface area contributed by atoms with Crippen LogP contribution < -0.4 is 5.32 Å². The first kappa shape index (κ1) is 20.0. The second-order valence-corrected chi connectivity index (χ2v) is 5.82. The van der Waals surface area contributed by atoms with Gasteiger partial charge in [0.1, 0.15) is 0 Å². The van der Waals surface area contributed by atoms with E-state index in [-0.39, 0.29) is 12.2 Å². The highest BCUT2D eigenvalue weighted by Gasteiger charge is 2.42. The summed E-state index contributed by atoms with van der Waals surface area (Å²) in [6, 6.07) is 7.12. The fraction of sp³-hybridized carbons (Fsp3) is 0.500. The van der Waals surface area contributed by atoms with E-state index in [2.05, 4.69) is 5.32 Å². The van der Waals surface area contributed by atoms with Gasteiger partial charge in [-0.15, -0.1) is 0 Å². The molecule has 5 nitrogen and oxygen atoms in total. The number of carboxylic acids is 1. The van der Waals surface area contributed by atoms with Crippen molar-refractivity contribution in [3.63, 3.8) is 0 Å². The zero-order valence-electron chi connectivity index (χ0n) is 13.4. The Morgan fingerprint density at radius 1 is 1.25 bits per heavy atom. The number of ether oxygens (including phenoxy) is 1. The van der Waals surface area contributed by atoms with Gasteiger partial charge in [-0.3, -0.25) is 9.59 Å². The number of nitrogens with one attached hydrogen (secondary N) is 1. The van der Waals surface area contributed by atoms with Crippen molar-refractivity contribution in [1.29, 1.82) is 0 Å². The zero-order valence-corrected chi connectivity index (χ0v) is 13.4. The lowest BCUT2D eigenvalue weighted by Gasteiger charge is -2.29. The minimum absolute atomic E-state index is 0.0215. The maximum absolute atomic E-state index is 13.3. The molecule has 1 aromatic rings. The van der Waals surface area contributed by atoms with E-state index in [9.17, 15) is 22.8 Å². The summed E-state index contributed by atoms with van der Waals surface area (Å²) in [6.07, 6.45) is -5.88. The summed E-state index contributed by atoms with van der Waals surface area (Å²) in [5.41, 5.74) is -1.31. The van der Waals surface area contributed by atoms with E-state index >= 15 is 0 Å². The molecule has 0 spiro atoms. The molecule has 0 aliphatic carbocycles. The van der Waals surface area contributed by atoms with Crippen molar-refractivity contribution >= 4 is 11.9 Å². The fourth-order valence-corrected chi connectivity index (χ4v) is 2.46. The van der Waals surface area contributed by atoms with Gasteiger partial charge in [0.2, 0.25) is 5.91 Å². The quantitative estimate of drug-likeness (QED) is 0.758. The standard InChI is InChI=1S/C16H20F3NO4/c1-15(10-24-2,9-14(22)23)20-13(21)8-12(16(17,18)19)11-6-4-3-5-7-11/h3-7,12H,8-10H2,1-2H3,(H,20,21)(H,22,23). The van der Waals surface area contributed by atoms with Crippen LogP contribution in [0.25, 0.3) is 0 Å². The van der Waals surface area contributed by atoms with Crippen LogP contribution in [-0.4, -0.2) is 42.4 Å². The van der Waals surface area contributed by atoms with Crippen LogP contribution in [0.4, 0.5) is 13.2 Å². The second kappa shape index (κ2) is 8.14. The van der Waals surface area contributed by atoms with Gasteiger partial charge in [-0.25, -0.2) is 0 Å². The molecule has 0 saturated heterocycles. The Bertz CT molecular complexity index is 562. The van der Waals surface area contributed by atoms with Gasteiger partial charge >= 0.3 is 12.1 Å². The van der Waals surface area contributed by atoms with E-state index in [1.54, 1.807) is 6.07 Å². The number of rotatable bonds is 8. The number of amides is 1. The van der Waals surface area contributed by atoms with Gasteiger partial charge < -0.3 is 15.2 Å². The Hall–Kier alpha value is -2.09. The molecular weight excluding hydrogens is 327 g/mol. The van der Waals surface area contributed by atoms with Crippen LogP contribution in [0.15, 0.2) is 30.3 Å². The number of halogens is 3. The minimum atomic E-state index is -4.59. The number of aliphatic carboxylic acids is 1. The molecule has 2 atom stereocenters. The number of alkyl halides is 3. The number of methoxy groups -OCH3 is 1. The molecule has 0 aliphatic rings. The van der Waals surface area contributed by atoms with Crippen molar-refractivity contribution in [2.75, 3.05) is 13.7 Å². The molecule has 0 aromatic heterocycles. The highest BCUT2D eigenvalue weighted by molar-refractivity contribution is 5.79. The molecule has 24 heavy (non-hydrogen) atoms. The van der Waals surface area contributed by atoms with Crippen LogP contribution in [0.5, 0.6) is 0 Å². The Morgan fingerprint density at radius 3 is 2.29 bits per heavy atom. The highest BCUT2D eigenvalue weighted by atomic mass is 19.4. The van der Waals surface area contributed by atoms with Gasteiger partial charge in [0.25, 0.3) is 0 Å². The van der Waals surface area contributed by atoms with Crippen molar-refractivity contribution in [1.82, 2.24) is 5.32 Å². The van der Waals surface area contributed by atoms with Crippen LogP contribution in [0.3, 0.4) is 0 Å². The number of carbonyl (C=O) groups excluding carboxylic acids is 1. The van der Waals surface area contributed by atoms with Gasteiger partial charge in [0.05, 0.1) is 24.5 Å². The summed E-state index contributed by atoms with van der Waals surface area (Å²) in [5.74, 6) is -4.04. The Labute approximate surface area is 137 Å². The Morgan fingerprint density at radius 2 is 1.83 bits per heavy atom. The van der Waals surface area contributed by atoms with Crippen LogP contribution in [0.1, 0.15) is 31.2 Å². The third kappa shape index (κ3) is 6.19. The first-order valence-corrected chi connectivity index (χ1v) is 7.21. The molecule has 0 fully saturated rings. The summed E-state index contributed by atoms with van der Waals surface area (Å²) in [5, 5.41) is 11.2. The predicted octanol–water partition coefficient (Wildman–Crippen LogP) is 2.72. The number of carbonyl (C=O) groups is 2. The lowest BCUT2D eigenvalue weighted by molar-refractivity contribution is -0.158. The maximum Gasteiger partial charge on any atom is 0.396 e. The molecule has 0 bridgehead atoms. The summed E-state index contributed by atoms with van der Waals surface area (Å²) in [4.78, 5) is 23.0. The molecule has 2 unspecified atom stereocenters. The molecule has 0 aliphatic heterocycles. The van der Waals surface area contributed by atoms with Gasteiger partial charge in [0.15, 0.2) is 0 Å². The summed E-state index contributed by atoms with van der Waals surface area (Å²) < 4.78 is 44.6. The molecule has 0 heterocycles. The van der Waals surface area contributed by atoms with Crippen LogP contribution in [-0.2, 0) is 14.3 Å². The molecule has 1 amide bonds. The topological polar surface area (TPSA) is 75.6 Å². The van der Waals surface area contributed by atoms with Crippen molar-refractivity contribution in [2.24, 2.45) is 0 Å². The highest BCUT2D eigenvalue weighted by Crippen LogP contribution is 2.37. The Balaban J connectivity index is 2.90. The number of hydrogen-bond donors (Lipinski definition) is 2. The molecular formula is C16H20F3NO4. The van der Waals surface area contributed by atoms with Crippen LogP contribution >= 0.6 is 0 Å². The monoisotopic (exact) mass is 347 g/mol. The lowest BCUT2D eigenvalue weighted by Crippen LogP contribution is -2.51. The van der Waals surface area contributed by atoms with Crippen molar-refractivity contribution in [2.45, 2.75) is 37.4 Å². The summed E-state index contributed by atoms with van der Waals surface area (Å²) in [6.45, 7) is 1.28. The lowest BCUT2D eigenvalue weighted by atomic mass is 9.93. The molecule has 1 aromatic carbocycles. The SMILES string of the molecule is COCC(C)(CC(=O)O)NC(=O)CC(c1ccccc1)C(F)(F)F. The smallest absolute Gasteiger partial charge is 0.396 e. The van der Waals surface area contributed by atoms with E-state index < -0.39 is 42.4 Å². The van der Waals surface area contributed by atoms with Crippen molar-refractivity contribution in [3.05, 3.63) is 35.9 Å². The van der Waals surface area contributed by atoms with Gasteiger partial charge in [-0.2, -0.15) is 13.2 Å². The average Bonchev–Trinajstić information content (AvgIpc) is 2.43. The maximum atomic E-state index is 13.3. The second-order valence-electron chi connectivity index (χ2n) is 5.82. The van der Waals surface area contributed by atoms with Gasteiger partial charge in [-0.1, -0.05) is 30.3 Å². The molecule has 8 heteroatoms. The molecule has 1 rings (SSSR count). The van der Waals surface area contributed by atoms with Crippen LogP contribution in [0.2, 0.25) is 0 Å². The molecule has 2 N–H and O–H groups in total. The minimum Gasteiger partial charge on any atom is -0.481 e. The van der Waals surface area contributed by atoms with Crippen LogP contribution in [0, 0.1) is 0 Å². The van der Waals surface area contributed by atoms with E-state index in [4.69, 9.17) is 9.84 Å². The summed E-state index contributed by atoms with van der Waals surface area (Å²) in [7, 11) is 1.31. The predicted molar refractivity (Wildman–Crippen MR) is 80.5 cm³/mol. The molecule has 0 radical (unpaired) electrons. The van der Waals surface area contributed by atoms with E-state index in [0.29, 0.717) is 0 Å². The molecule has 134 valence electrons. The summed E-state index contributed by atoms with van der Waals surface area (Å²) >= 11 is 0. The third-order valence-electron chi connectivity index (χ3n) is 3.43. The normalized spacial score (nSPS) is 15.4. The Kier molecular flexibility index (Phi) is 6.77. The first-order valence-electron chi connectivity index (χ1n) is 7.21. The van der Waals surface area contributed by atoms with E-state index in [0.717, 1.165) is 0 Å². The van der Waals surface area contributed by atoms with Gasteiger partial charge in [0, 0.05) is 13.5 Å². The fourth-order valence-electron chi connectivity index (χ4n) is 2.46. The zero-order chi connectivity index (χ0) is 18.4. The van der Waals surface area contributed by atoms with E-state index in [1.165, 1.54) is 38.3 Å². The first-order chi connectivity index (χ1) is 11.1. The average molecular weight is 347 g/mol. The number of carboxylic acid groups (broad SMARTS) is 1. The van der Waals surface area contributed by atoms with Crippen molar-refractivity contribution < 1.29 is 32.6 Å². The number of hydrogen-bond acceptors (Lipinski definition) is 3. The number of benzene rings is 1. The third-order valence-corrected chi connectivity index (χ3v) is 3.43.